The first-order valence-electron chi connectivity index (χ1n) is 9.12. The third kappa shape index (κ3) is 3.98. The predicted octanol–water partition coefficient (Wildman–Crippen LogP) is 2.91. The van der Waals surface area contributed by atoms with E-state index in [-0.39, 0.29) is 0 Å². The number of ether oxygens (including phenoxy) is 2. The summed E-state index contributed by atoms with van der Waals surface area (Å²) >= 11 is 0. The molecule has 2 aliphatic heterocycles. The van der Waals surface area contributed by atoms with Crippen molar-refractivity contribution in [3.05, 3.63) is 35.9 Å². The third-order valence-electron chi connectivity index (χ3n) is 5.88. The molecule has 0 unspecified atom stereocenters. The van der Waals surface area contributed by atoms with Gasteiger partial charge in [-0.2, -0.15) is 0 Å². The first-order valence-corrected chi connectivity index (χ1v) is 9.12. The smallest absolute Gasteiger partial charge is 0.222 e. The molecule has 1 aromatic carbocycles. The summed E-state index contributed by atoms with van der Waals surface area (Å²) in [5, 5.41) is 0. The molecule has 1 atom stereocenters. The maximum Gasteiger partial charge on any atom is 0.222 e. The van der Waals surface area contributed by atoms with Crippen LogP contribution in [-0.2, 0) is 20.7 Å². The highest BCUT2D eigenvalue weighted by molar-refractivity contribution is 5.76. The van der Waals surface area contributed by atoms with Crippen LogP contribution in [-0.4, -0.2) is 50.8 Å². The molecule has 0 aromatic heterocycles. The van der Waals surface area contributed by atoms with Gasteiger partial charge in [-0.05, 0) is 36.7 Å². The summed E-state index contributed by atoms with van der Waals surface area (Å²) in [5.41, 5.74) is 1.55. The van der Waals surface area contributed by atoms with Crippen LogP contribution in [0.15, 0.2) is 30.3 Å². The number of amides is 1. The maximum absolute atomic E-state index is 12.5. The minimum Gasteiger partial charge on any atom is -0.384 e. The number of piperidine rings is 1. The van der Waals surface area contributed by atoms with Gasteiger partial charge in [-0.25, -0.2) is 0 Å². The van der Waals surface area contributed by atoms with Gasteiger partial charge in [0.15, 0.2) is 0 Å². The quantitative estimate of drug-likeness (QED) is 0.833. The van der Waals surface area contributed by atoms with Crippen molar-refractivity contribution in [2.45, 2.75) is 32.1 Å². The first kappa shape index (κ1) is 17.4. The van der Waals surface area contributed by atoms with Crippen LogP contribution in [0.2, 0.25) is 0 Å². The molecule has 1 aromatic rings. The molecule has 4 nitrogen and oxygen atoms in total. The fourth-order valence-corrected chi connectivity index (χ4v) is 4.22. The number of likely N-dealkylation sites (tertiary alicyclic amines) is 1. The van der Waals surface area contributed by atoms with E-state index in [1.807, 2.05) is 18.2 Å². The molecule has 1 amide bonds. The molecule has 2 fully saturated rings. The van der Waals surface area contributed by atoms with E-state index >= 15 is 0 Å². The Morgan fingerprint density at radius 3 is 2.71 bits per heavy atom. The van der Waals surface area contributed by atoms with Crippen LogP contribution in [0, 0.1) is 11.3 Å². The number of methoxy groups -OCH3 is 1. The van der Waals surface area contributed by atoms with Crippen LogP contribution < -0.4 is 0 Å². The molecular formula is C20H29NO3. The van der Waals surface area contributed by atoms with Crippen molar-refractivity contribution >= 4 is 5.91 Å². The molecule has 2 aliphatic rings. The molecule has 0 bridgehead atoms. The zero-order valence-corrected chi connectivity index (χ0v) is 14.7. The Morgan fingerprint density at radius 2 is 2.00 bits per heavy atom. The SMILES string of the molecule is COC[C@@H]1COCCC12CCN(C(=O)CCc1ccccc1)CC2. The lowest BCUT2D eigenvalue weighted by Gasteiger charge is -2.49. The fourth-order valence-electron chi connectivity index (χ4n) is 4.22. The van der Waals surface area contributed by atoms with Gasteiger partial charge in [0, 0.05) is 39.1 Å². The predicted molar refractivity (Wildman–Crippen MR) is 93.8 cm³/mol. The van der Waals surface area contributed by atoms with Crippen molar-refractivity contribution in [2.24, 2.45) is 11.3 Å². The molecule has 0 aliphatic carbocycles. The summed E-state index contributed by atoms with van der Waals surface area (Å²) in [6.07, 6.45) is 4.72. The standard InChI is InChI=1S/C20H29NO3/c1-23-15-18-16-24-14-11-20(18)9-12-21(13-10-20)19(22)8-7-17-5-3-2-4-6-17/h2-6,18H,7-16H2,1H3/t18-/m1/s1. The highest BCUT2D eigenvalue weighted by Crippen LogP contribution is 2.44. The Bertz CT molecular complexity index is 521. The van der Waals surface area contributed by atoms with Crippen molar-refractivity contribution in [3.8, 4) is 0 Å². The third-order valence-corrected chi connectivity index (χ3v) is 5.88. The molecule has 0 saturated carbocycles. The molecule has 2 heterocycles. The Kier molecular flexibility index (Phi) is 5.90. The van der Waals surface area contributed by atoms with Gasteiger partial charge in [-0.15, -0.1) is 0 Å². The average molecular weight is 331 g/mol. The fraction of sp³-hybridized carbons (Fsp3) is 0.650. The molecular weight excluding hydrogens is 302 g/mol. The Labute approximate surface area is 145 Å². The highest BCUT2D eigenvalue weighted by atomic mass is 16.5. The Hall–Kier alpha value is -1.39. The van der Waals surface area contributed by atoms with Crippen LogP contribution >= 0.6 is 0 Å². The van der Waals surface area contributed by atoms with Gasteiger partial charge in [0.05, 0.1) is 13.2 Å². The summed E-state index contributed by atoms with van der Waals surface area (Å²) in [6, 6.07) is 10.3. The van der Waals surface area contributed by atoms with Crippen LogP contribution in [0.1, 0.15) is 31.2 Å². The van der Waals surface area contributed by atoms with E-state index in [1.165, 1.54) is 5.56 Å². The van der Waals surface area contributed by atoms with Gasteiger partial charge in [-0.3, -0.25) is 4.79 Å². The highest BCUT2D eigenvalue weighted by Gasteiger charge is 2.43. The largest absolute Gasteiger partial charge is 0.384 e. The number of hydrogen-bond acceptors (Lipinski definition) is 3. The summed E-state index contributed by atoms with van der Waals surface area (Å²) in [5.74, 6) is 0.766. The van der Waals surface area contributed by atoms with Crippen LogP contribution in [0.3, 0.4) is 0 Å². The topological polar surface area (TPSA) is 38.8 Å². The number of nitrogens with zero attached hydrogens (tertiary/aromatic N) is 1. The van der Waals surface area contributed by atoms with Gasteiger partial charge in [-0.1, -0.05) is 30.3 Å². The maximum atomic E-state index is 12.5. The molecule has 2 saturated heterocycles. The molecule has 0 radical (unpaired) electrons. The molecule has 1 spiro atoms. The van der Waals surface area contributed by atoms with Gasteiger partial charge in [0.1, 0.15) is 0 Å². The second-order valence-electron chi connectivity index (χ2n) is 7.21. The van der Waals surface area contributed by atoms with E-state index in [0.29, 0.717) is 23.7 Å². The zero-order valence-electron chi connectivity index (χ0n) is 14.7. The zero-order chi connectivity index (χ0) is 16.8. The summed E-state index contributed by atoms with van der Waals surface area (Å²) < 4.78 is 11.1. The van der Waals surface area contributed by atoms with E-state index in [2.05, 4.69) is 17.0 Å². The lowest BCUT2D eigenvalue weighted by Crippen LogP contribution is -2.50. The number of benzene rings is 1. The van der Waals surface area contributed by atoms with E-state index in [9.17, 15) is 4.79 Å². The van der Waals surface area contributed by atoms with E-state index < -0.39 is 0 Å². The Balaban J connectivity index is 1.51. The van der Waals surface area contributed by atoms with Gasteiger partial charge < -0.3 is 14.4 Å². The number of carbonyl (C=O) groups is 1. The van der Waals surface area contributed by atoms with E-state index in [1.54, 1.807) is 7.11 Å². The number of aryl methyl sites for hydroxylation is 1. The summed E-state index contributed by atoms with van der Waals surface area (Å²) in [6.45, 7) is 4.18. The molecule has 24 heavy (non-hydrogen) atoms. The second kappa shape index (κ2) is 8.13. The summed E-state index contributed by atoms with van der Waals surface area (Å²) in [7, 11) is 1.77. The van der Waals surface area contributed by atoms with Gasteiger partial charge in [0.25, 0.3) is 0 Å². The molecule has 132 valence electrons. The number of carbonyl (C=O) groups excluding carboxylic acids is 1. The molecule has 4 heteroatoms. The van der Waals surface area contributed by atoms with Crippen LogP contribution in [0.25, 0.3) is 0 Å². The lowest BCUT2D eigenvalue weighted by molar-refractivity contribution is -0.138. The van der Waals surface area contributed by atoms with Crippen molar-refractivity contribution in [2.75, 3.05) is 40.0 Å². The minimum atomic E-state index is 0.295. The number of rotatable bonds is 5. The summed E-state index contributed by atoms with van der Waals surface area (Å²) in [4.78, 5) is 14.6. The molecule has 0 N–H and O–H groups in total. The van der Waals surface area contributed by atoms with Gasteiger partial charge >= 0.3 is 0 Å². The van der Waals surface area contributed by atoms with Gasteiger partial charge in [0.2, 0.25) is 5.91 Å². The van der Waals surface area contributed by atoms with Crippen LogP contribution in [0.4, 0.5) is 0 Å². The second-order valence-corrected chi connectivity index (χ2v) is 7.21. The van der Waals surface area contributed by atoms with Crippen molar-refractivity contribution in [1.82, 2.24) is 4.90 Å². The lowest BCUT2D eigenvalue weighted by atomic mass is 9.66. The van der Waals surface area contributed by atoms with E-state index in [0.717, 1.165) is 58.6 Å². The minimum absolute atomic E-state index is 0.295. The monoisotopic (exact) mass is 331 g/mol. The number of hydrogen-bond donors (Lipinski definition) is 0. The van der Waals surface area contributed by atoms with Crippen molar-refractivity contribution in [1.29, 1.82) is 0 Å². The van der Waals surface area contributed by atoms with Crippen molar-refractivity contribution in [3.63, 3.8) is 0 Å². The Morgan fingerprint density at radius 1 is 1.25 bits per heavy atom. The average Bonchev–Trinajstić information content (AvgIpc) is 2.63. The first-order chi connectivity index (χ1) is 11.7. The van der Waals surface area contributed by atoms with Crippen molar-refractivity contribution < 1.29 is 14.3 Å². The normalized spacial score (nSPS) is 23.4. The molecule has 3 rings (SSSR count). The van der Waals surface area contributed by atoms with Crippen LogP contribution in [0.5, 0.6) is 0 Å². The van der Waals surface area contributed by atoms with E-state index in [4.69, 9.17) is 9.47 Å².